The van der Waals surface area contributed by atoms with E-state index < -0.39 is 0 Å². The zero-order valence-corrected chi connectivity index (χ0v) is 11.5. The van der Waals surface area contributed by atoms with E-state index in [1.807, 2.05) is 32.0 Å². The maximum absolute atomic E-state index is 5.86. The molecule has 5 heteroatoms. The summed E-state index contributed by atoms with van der Waals surface area (Å²) >= 11 is 0. The minimum absolute atomic E-state index is 0.251. The number of aliphatic imine (C=N–C) groups is 2. The Morgan fingerprint density at radius 3 is 2.37 bits per heavy atom. The van der Waals surface area contributed by atoms with Gasteiger partial charge in [0.15, 0.2) is 0 Å². The Bertz CT molecular complexity index is 494. The number of benzene rings is 1. The SMILES string of the molecule is Cc1cccc(C)c1NC(N)=NC(N)=NC1CCC1. The van der Waals surface area contributed by atoms with Crippen molar-refractivity contribution >= 4 is 17.6 Å². The highest BCUT2D eigenvalue weighted by Crippen LogP contribution is 2.22. The molecule has 0 aliphatic heterocycles. The Morgan fingerprint density at radius 1 is 1.21 bits per heavy atom. The molecular weight excluding hydrogens is 238 g/mol. The average Bonchev–Trinajstić information content (AvgIpc) is 2.29. The number of nitrogens with two attached hydrogens (primary N) is 2. The molecule has 0 atom stereocenters. The topological polar surface area (TPSA) is 88.8 Å². The third-order valence-corrected chi connectivity index (χ3v) is 3.36. The van der Waals surface area contributed by atoms with Crippen LogP contribution in [0.1, 0.15) is 30.4 Å². The summed E-state index contributed by atoms with van der Waals surface area (Å²) in [5.41, 5.74) is 14.8. The molecule has 0 aromatic heterocycles. The molecule has 5 N–H and O–H groups in total. The Morgan fingerprint density at radius 2 is 1.84 bits per heavy atom. The molecule has 0 saturated heterocycles. The lowest BCUT2D eigenvalue weighted by Gasteiger charge is -2.20. The normalized spacial score (nSPS) is 17.2. The predicted octanol–water partition coefficient (Wildman–Crippen LogP) is 1.90. The number of aryl methyl sites for hydroxylation is 2. The molecule has 1 aliphatic carbocycles. The number of hydrogen-bond donors (Lipinski definition) is 3. The van der Waals surface area contributed by atoms with Crippen LogP contribution in [0.25, 0.3) is 0 Å². The van der Waals surface area contributed by atoms with Crippen molar-refractivity contribution in [3.8, 4) is 0 Å². The number of anilines is 1. The van der Waals surface area contributed by atoms with Crippen molar-refractivity contribution in [2.24, 2.45) is 21.5 Å². The van der Waals surface area contributed by atoms with Crippen molar-refractivity contribution in [3.63, 3.8) is 0 Å². The van der Waals surface area contributed by atoms with Gasteiger partial charge in [-0.05, 0) is 44.2 Å². The minimum Gasteiger partial charge on any atom is -0.369 e. The van der Waals surface area contributed by atoms with Gasteiger partial charge in [-0.15, -0.1) is 0 Å². The van der Waals surface area contributed by atoms with Gasteiger partial charge in [-0.2, -0.15) is 4.99 Å². The van der Waals surface area contributed by atoms with E-state index in [1.165, 1.54) is 6.42 Å². The van der Waals surface area contributed by atoms with E-state index in [1.54, 1.807) is 0 Å². The van der Waals surface area contributed by atoms with Gasteiger partial charge in [0.25, 0.3) is 0 Å². The van der Waals surface area contributed by atoms with Crippen LogP contribution in [0.15, 0.2) is 28.2 Å². The van der Waals surface area contributed by atoms with Crippen LogP contribution >= 0.6 is 0 Å². The zero-order chi connectivity index (χ0) is 13.8. The molecule has 0 amide bonds. The fraction of sp³-hybridized carbons (Fsp3) is 0.429. The standard InChI is InChI=1S/C14H21N5/c1-9-5-3-6-10(2)12(9)18-14(16)19-13(15)17-11-7-4-8-11/h3,5-6,11H,4,7-8H2,1-2H3,(H5,15,16,17,18,19). The number of nitrogens with zero attached hydrogens (tertiary/aromatic N) is 2. The molecular formula is C14H21N5. The van der Waals surface area contributed by atoms with E-state index in [4.69, 9.17) is 11.5 Å². The molecule has 0 bridgehead atoms. The molecule has 102 valence electrons. The van der Waals surface area contributed by atoms with Gasteiger partial charge in [-0.25, -0.2) is 4.99 Å². The van der Waals surface area contributed by atoms with Gasteiger partial charge in [-0.1, -0.05) is 18.2 Å². The highest BCUT2D eigenvalue weighted by molar-refractivity contribution is 6.01. The Kier molecular flexibility index (Phi) is 4.04. The second kappa shape index (κ2) is 5.73. The highest BCUT2D eigenvalue weighted by atomic mass is 15.2. The summed E-state index contributed by atoms with van der Waals surface area (Å²) in [6.45, 7) is 4.04. The maximum Gasteiger partial charge on any atom is 0.218 e. The lowest BCUT2D eigenvalue weighted by molar-refractivity contribution is 0.419. The average molecular weight is 259 g/mol. The van der Waals surface area contributed by atoms with E-state index >= 15 is 0 Å². The summed E-state index contributed by atoms with van der Waals surface area (Å²) in [7, 11) is 0. The zero-order valence-electron chi connectivity index (χ0n) is 11.5. The smallest absolute Gasteiger partial charge is 0.218 e. The summed E-state index contributed by atoms with van der Waals surface area (Å²) in [5.74, 6) is 0.527. The molecule has 0 heterocycles. The molecule has 1 aromatic rings. The van der Waals surface area contributed by atoms with Crippen LogP contribution in [0.3, 0.4) is 0 Å². The van der Waals surface area contributed by atoms with Crippen LogP contribution in [-0.4, -0.2) is 18.0 Å². The molecule has 1 aromatic carbocycles. The lowest BCUT2D eigenvalue weighted by atomic mass is 9.94. The molecule has 0 unspecified atom stereocenters. The van der Waals surface area contributed by atoms with Gasteiger partial charge in [0, 0.05) is 5.69 Å². The van der Waals surface area contributed by atoms with Crippen molar-refractivity contribution in [2.45, 2.75) is 39.2 Å². The van der Waals surface area contributed by atoms with Crippen molar-refractivity contribution in [1.82, 2.24) is 0 Å². The van der Waals surface area contributed by atoms with Crippen LogP contribution in [0.5, 0.6) is 0 Å². The van der Waals surface area contributed by atoms with Gasteiger partial charge >= 0.3 is 0 Å². The Hall–Kier alpha value is -2.04. The van der Waals surface area contributed by atoms with E-state index in [-0.39, 0.29) is 11.9 Å². The molecule has 1 saturated carbocycles. The number of nitrogens with one attached hydrogen (secondary N) is 1. The monoisotopic (exact) mass is 259 g/mol. The molecule has 0 radical (unpaired) electrons. The summed E-state index contributed by atoms with van der Waals surface area (Å²) in [6.07, 6.45) is 3.42. The molecule has 1 aliphatic rings. The van der Waals surface area contributed by atoms with Crippen LogP contribution in [0.4, 0.5) is 5.69 Å². The van der Waals surface area contributed by atoms with Crippen LogP contribution in [0, 0.1) is 13.8 Å². The number of hydrogen-bond acceptors (Lipinski definition) is 1. The van der Waals surface area contributed by atoms with Crippen LogP contribution < -0.4 is 16.8 Å². The van der Waals surface area contributed by atoms with Gasteiger partial charge in [0.2, 0.25) is 11.9 Å². The van der Waals surface area contributed by atoms with Crippen molar-refractivity contribution < 1.29 is 0 Å². The predicted molar refractivity (Wildman–Crippen MR) is 80.4 cm³/mol. The van der Waals surface area contributed by atoms with E-state index in [9.17, 15) is 0 Å². The van der Waals surface area contributed by atoms with E-state index in [0.717, 1.165) is 29.7 Å². The molecule has 19 heavy (non-hydrogen) atoms. The minimum atomic E-state index is 0.251. The first-order valence-corrected chi connectivity index (χ1v) is 6.57. The molecule has 2 rings (SSSR count). The van der Waals surface area contributed by atoms with Crippen LogP contribution in [0.2, 0.25) is 0 Å². The number of para-hydroxylation sites is 1. The fourth-order valence-corrected chi connectivity index (χ4v) is 2.02. The first kappa shape index (κ1) is 13.4. The van der Waals surface area contributed by atoms with Gasteiger partial charge in [0.05, 0.1) is 6.04 Å². The first-order chi connectivity index (χ1) is 9.06. The van der Waals surface area contributed by atoms with Crippen molar-refractivity contribution in [3.05, 3.63) is 29.3 Å². The number of rotatable bonds is 2. The van der Waals surface area contributed by atoms with E-state index in [0.29, 0.717) is 6.04 Å². The third-order valence-electron chi connectivity index (χ3n) is 3.36. The lowest BCUT2D eigenvalue weighted by Crippen LogP contribution is -2.28. The molecule has 5 nitrogen and oxygen atoms in total. The summed E-state index contributed by atoms with van der Waals surface area (Å²) < 4.78 is 0. The fourth-order valence-electron chi connectivity index (χ4n) is 2.02. The summed E-state index contributed by atoms with van der Waals surface area (Å²) in [5, 5.41) is 3.09. The third kappa shape index (κ3) is 3.47. The second-order valence-corrected chi connectivity index (χ2v) is 4.96. The Labute approximate surface area is 113 Å². The van der Waals surface area contributed by atoms with Crippen molar-refractivity contribution in [1.29, 1.82) is 0 Å². The second-order valence-electron chi connectivity index (χ2n) is 4.96. The molecule has 1 fully saturated rings. The van der Waals surface area contributed by atoms with Gasteiger partial charge in [-0.3, -0.25) is 0 Å². The molecule has 0 spiro atoms. The number of guanidine groups is 2. The summed E-state index contributed by atoms with van der Waals surface area (Å²) in [6, 6.07) is 6.38. The van der Waals surface area contributed by atoms with Crippen LogP contribution in [-0.2, 0) is 0 Å². The van der Waals surface area contributed by atoms with Gasteiger partial charge in [0.1, 0.15) is 0 Å². The van der Waals surface area contributed by atoms with Gasteiger partial charge < -0.3 is 16.8 Å². The first-order valence-electron chi connectivity index (χ1n) is 6.57. The van der Waals surface area contributed by atoms with Crippen molar-refractivity contribution in [2.75, 3.05) is 5.32 Å². The maximum atomic E-state index is 5.86. The Balaban J connectivity index is 2.07. The highest BCUT2D eigenvalue weighted by Gasteiger charge is 2.16. The summed E-state index contributed by atoms with van der Waals surface area (Å²) in [4.78, 5) is 8.38. The quantitative estimate of drug-likeness (QED) is 0.560. The largest absolute Gasteiger partial charge is 0.369 e. The van der Waals surface area contributed by atoms with E-state index in [2.05, 4.69) is 15.3 Å².